The molecule has 3 heterocycles. The van der Waals surface area contributed by atoms with Gasteiger partial charge in [-0.25, -0.2) is 4.98 Å². The number of pyridine rings is 1. The molecule has 0 aromatic carbocycles. The van der Waals surface area contributed by atoms with Gasteiger partial charge in [0.05, 0.1) is 24.4 Å². The topological polar surface area (TPSA) is 98.3 Å². The zero-order valence-corrected chi connectivity index (χ0v) is 11.7. The van der Waals surface area contributed by atoms with Crippen LogP contribution < -0.4 is 5.32 Å². The second kappa shape index (κ2) is 5.34. The molecular weight excluding hydrogens is 296 g/mol. The van der Waals surface area contributed by atoms with E-state index in [4.69, 9.17) is 16.7 Å². The van der Waals surface area contributed by atoms with Gasteiger partial charge >= 0.3 is 0 Å². The summed E-state index contributed by atoms with van der Waals surface area (Å²) < 4.78 is 0. The van der Waals surface area contributed by atoms with E-state index in [0.717, 1.165) is 5.39 Å². The molecular formula is C13H13ClN4O3. The number of halogens is 1. The molecule has 7 nitrogen and oxygen atoms in total. The van der Waals surface area contributed by atoms with Crippen LogP contribution in [0.1, 0.15) is 10.5 Å². The smallest absolute Gasteiger partial charge is 0.268 e. The third-order valence-corrected chi connectivity index (χ3v) is 3.54. The summed E-state index contributed by atoms with van der Waals surface area (Å²) in [6, 6.07) is 3.30. The van der Waals surface area contributed by atoms with Crippen LogP contribution in [0, 0.1) is 0 Å². The molecule has 110 valence electrons. The Morgan fingerprint density at radius 2 is 2.24 bits per heavy atom. The standard InChI is InChI=1S/C13H13ClN4O3/c14-11-2-7-1-9(17-10(7)3-15-11)13(21)16-4-12(20)18-5-8(19)6-18/h1-3,8,17,19H,4-6H2,(H,16,21). The Kier molecular flexibility index (Phi) is 3.52. The minimum Gasteiger partial charge on any atom is -0.389 e. The number of rotatable bonds is 3. The SMILES string of the molecule is O=C(NCC(=O)N1CC(O)C1)c1cc2cc(Cl)ncc2[nH]1. The maximum atomic E-state index is 12.0. The zero-order valence-electron chi connectivity index (χ0n) is 11.0. The van der Waals surface area contributed by atoms with Crippen molar-refractivity contribution >= 4 is 34.3 Å². The summed E-state index contributed by atoms with van der Waals surface area (Å²) in [4.78, 5) is 32.0. The van der Waals surface area contributed by atoms with E-state index in [1.807, 2.05) is 0 Å². The summed E-state index contributed by atoms with van der Waals surface area (Å²) in [5.74, 6) is -0.591. The maximum absolute atomic E-state index is 12.0. The van der Waals surface area contributed by atoms with E-state index in [1.54, 1.807) is 18.3 Å². The fraction of sp³-hybridized carbons (Fsp3) is 0.308. The number of nitrogens with zero attached hydrogens (tertiary/aromatic N) is 2. The second-order valence-corrected chi connectivity index (χ2v) is 5.30. The molecule has 8 heteroatoms. The van der Waals surface area contributed by atoms with Crippen LogP contribution in [0.15, 0.2) is 18.3 Å². The molecule has 2 aromatic heterocycles. The summed E-state index contributed by atoms with van der Waals surface area (Å²) in [6.07, 6.45) is 1.09. The fourth-order valence-corrected chi connectivity index (χ4v) is 2.32. The number of aromatic nitrogens is 2. The molecule has 0 atom stereocenters. The van der Waals surface area contributed by atoms with Gasteiger partial charge in [-0.1, -0.05) is 11.6 Å². The lowest BCUT2D eigenvalue weighted by Crippen LogP contribution is -2.55. The number of nitrogens with one attached hydrogen (secondary N) is 2. The van der Waals surface area contributed by atoms with Gasteiger partial charge in [-0.05, 0) is 12.1 Å². The Hall–Kier alpha value is -2.12. The van der Waals surface area contributed by atoms with Crippen LogP contribution in [0.3, 0.4) is 0 Å². The van der Waals surface area contributed by atoms with E-state index in [2.05, 4.69) is 15.3 Å². The predicted octanol–water partition coefficient (Wildman–Crippen LogP) is 0.149. The van der Waals surface area contributed by atoms with Crippen molar-refractivity contribution in [3.8, 4) is 0 Å². The van der Waals surface area contributed by atoms with E-state index >= 15 is 0 Å². The van der Waals surface area contributed by atoms with E-state index in [0.29, 0.717) is 29.5 Å². The molecule has 0 bridgehead atoms. The van der Waals surface area contributed by atoms with E-state index < -0.39 is 6.10 Å². The van der Waals surface area contributed by atoms with Crippen LogP contribution in [0.5, 0.6) is 0 Å². The van der Waals surface area contributed by atoms with Gasteiger partial charge in [-0.15, -0.1) is 0 Å². The monoisotopic (exact) mass is 308 g/mol. The summed E-state index contributed by atoms with van der Waals surface area (Å²) in [5, 5.41) is 12.8. The van der Waals surface area contributed by atoms with Crippen molar-refractivity contribution in [1.82, 2.24) is 20.2 Å². The van der Waals surface area contributed by atoms with Gasteiger partial charge in [-0.3, -0.25) is 9.59 Å². The molecule has 0 radical (unpaired) electrons. The van der Waals surface area contributed by atoms with Gasteiger partial charge in [-0.2, -0.15) is 0 Å². The molecule has 0 unspecified atom stereocenters. The minimum atomic E-state index is -0.449. The van der Waals surface area contributed by atoms with E-state index in [1.165, 1.54) is 4.90 Å². The van der Waals surface area contributed by atoms with Crippen molar-refractivity contribution in [2.75, 3.05) is 19.6 Å². The molecule has 0 aliphatic carbocycles. The number of likely N-dealkylation sites (tertiary alicyclic amines) is 1. The number of amides is 2. The normalized spacial score (nSPS) is 15.0. The number of aromatic amines is 1. The Morgan fingerprint density at radius 1 is 1.48 bits per heavy atom. The lowest BCUT2D eigenvalue weighted by atomic mass is 10.2. The summed E-state index contributed by atoms with van der Waals surface area (Å²) in [7, 11) is 0. The number of hydrogen-bond donors (Lipinski definition) is 3. The third kappa shape index (κ3) is 2.84. The minimum absolute atomic E-state index is 0.0973. The molecule has 0 spiro atoms. The van der Waals surface area contributed by atoms with Crippen LogP contribution in [0.4, 0.5) is 0 Å². The number of β-amino-alcohol motifs (C(OH)–C–C–N with tert-alkyl or cyclic N) is 1. The number of aliphatic hydroxyl groups is 1. The lowest BCUT2D eigenvalue weighted by molar-refractivity contribution is -0.140. The van der Waals surface area contributed by atoms with Gasteiger partial charge in [0.2, 0.25) is 5.91 Å². The first-order valence-electron chi connectivity index (χ1n) is 6.41. The van der Waals surface area contributed by atoms with Crippen molar-refractivity contribution in [2.24, 2.45) is 0 Å². The van der Waals surface area contributed by atoms with Crippen LogP contribution in [-0.2, 0) is 4.79 Å². The average molecular weight is 309 g/mol. The first-order chi connectivity index (χ1) is 10.0. The third-order valence-electron chi connectivity index (χ3n) is 3.33. The molecule has 1 fully saturated rings. The van der Waals surface area contributed by atoms with E-state index in [9.17, 15) is 9.59 Å². The highest BCUT2D eigenvalue weighted by molar-refractivity contribution is 6.30. The lowest BCUT2D eigenvalue weighted by Gasteiger charge is -2.35. The Balaban J connectivity index is 1.62. The first kappa shape index (κ1) is 13.8. The molecule has 2 amide bonds. The molecule has 2 aromatic rings. The highest BCUT2D eigenvalue weighted by Gasteiger charge is 2.28. The van der Waals surface area contributed by atoms with Crippen molar-refractivity contribution in [3.05, 3.63) is 29.2 Å². The number of carbonyl (C=O) groups is 2. The number of hydrogen-bond acceptors (Lipinski definition) is 4. The number of H-pyrrole nitrogens is 1. The Morgan fingerprint density at radius 3 is 2.95 bits per heavy atom. The van der Waals surface area contributed by atoms with Gasteiger partial charge in [0.1, 0.15) is 10.8 Å². The molecule has 1 saturated heterocycles. The van der Waals surface area contributed by atoms with Crippen LogP contribution in [0.25, 0.3) is 10.9 Å². The highest BCUT2D eigenvalue weighted by Crippen LogP contribution is 2.17. The molecule has 3 N–H and O–H groups in total. The van der Waals surface area contributed by atoms with Crippen LogP contribution in [0.2, 0.25) is 5.15 Å². The fourth-order valence-electron chi connectivity index (χ4n) is 2.15. The van der Waals surface area contributed by atoms with Gasteiger partial charge in [0.25, 0.3) is 5.91 Å². The molecule has 3 rings (SSSR count). The molecule has 1 aliphatic heterocycles. The number of carbonyl (C=O) groups excluding carboxylic acids is 2. The first-order valence-corrected chi connectivity index (χ1v) is 6.79. The van der Waals surface area contributed by atoms with E-state index in [-0.39, 0.29) is 18.4 Å². The number of aliphatic hydroxyl groups excluding tert-OH is 1. The van der Waals surface area contributed by atoms with Crippen molar-refractivity contribution < 1.29 is 14.7 Å². The average Bonchev–Trinajstić information content (AvgIpc) is 2.84. The zero-order chi connectivity index (χ0) is 15.0. The Bertz CT molecular complexity index is 709. The van der Waals surface area contributed by atoms with Crippen molar-refractivity contribution in [1.29, 1.82) is 0 Å². The number of fused-ring (bicyclic) bond motifs is 1. The van der Waals surface area contributed by atoms with Gasteiger partial charge in [0, 0.05) is 18.5 Å². The van der Waals surface area contributed by atoms with Crippen LogP contribution in [-0.4, -0.2) is 57.5 Å². The summed E-state index contributed by atoms with van der Waals surface area (Å²) in [6.45, 7) is 0.552. The Labute approximate surface area is 124 Å². The molecule has 1 aliphatic rings. The van der Waals surface area contributed by atoms with Gasteiger partial charge in [0.15, 0.2) is 0 Å². The largest absolute Gasteiger partial charge is 0.389 e. The predicted molar refractivity (Wildman–Crippen MR) is 76.0 cm³/mol. The quantitative estimate of drug-likeness (QED) is 0.703. The van der Waals surface area contributed by atoms with Gasteiger partial charge < -0.3 is 20.3 Å². The molecule has 0 saturated carbocycles. The van der Waals surface area contributed by atoms with Crippen molar-refractivity contribution in [2.45, 2.75) is 6.10 Å². The van der Waals surface area contributed by atoms with Crippen LogP contribution >= 0.6 is 11.6 Å². The summed E-state index contributed by atoms with van der Waals surface area (Å²) in [5.41, 5.74) is 1.03. The maximum Gasteiger partial charge on any atom is 0.268 e. The molecule has 21 heavy (non-hydrogen) atoms. The highest BCUT2D eigenvalue weighted by atomic mass is 35.5. The van der Waals surface area contributed by atoms with Crippen molar-refractivity contribution in [3.63, 3.8) is 0 Å². The second-order valence-electron chi connectivity index (χ2n) is 4.91. The summed E-state index contributed by atoms with van der Waals surface area (Å²) >= 11 is 5.78.